The van der Waals surface area contributed by atoms with Gasteiger partial charge in [0.1, 0.15) is 11.9 Å². The minimum Gasteiger partial charge on any atom is -0.205 e. The predicted molar refractivity (Wildman–Crippen MR) is 77.1 cm³/mol. The molecule has 5 heteroatoms. The summed E-state index contributed by atoms with van der Waals surface area (Å²) in [5, 5.41) is 9.93. The molecule has 0 aromatic heterocycles. The molecule has 2 aromatic carbocycles. The Balaban J connectivity index is 2.20. The average molecular weight is 312 g/mol. The molecule has 0 heterocycles. The predicted octanol–water partition coefficient (Wildman–Crippen LogP) is 5.30. The summed E-state index contributed by atoms with van der Waals surface area (Å²) in [5.74, 6) is -0.0860. The second-order valence-corrected chi connectivity index (χ2v) is 5.61. The molecule has 1 nitrogen and oxygen atoms in total. The highest BCUT2D eigenvalue weighted by Crippen LogP contribution is 2.32. The molecule has 19 heavy (non-hydrogen) atoms. The summed E-state index contributed by atoms with van der Waals surface area (Å²) in [4.78, 5) is 0.788. The first kappa shape index (κ1) is 14.2. The lowest BCUT2D eigenvalue weighted by molar-refractivity contribution is 0.613. The lowest BCUT2D eigenvalue weighted by Crippen LogP contribution is -1.91. The van der Waals surface area contributed by atoms with Crippen molar-refractivity contribution in [2.24, 2.45) is 0 Å². The van der Waals surface area contributed by atoms with E-state index >= 15 is 0 Å². The Morgan fingerprint density at radius 2 is 2.00 bits per heavy atom. The lowest BCUT2D eigenvalue weighted by atomic mass is 10.1. The van der Waals surface area contributed by atoms with Gasteiger partial charge in [0.15, 0.2) is 0 Å². The Hall–Kier alpha value is -1.21. The molecule has 0 unspecified atom stereocenters. The van der Waals surface area contributed by atoms with Gasteiger partial charge in [0.05, 0.1) is 10.6 Å². The maximum absolute atomic E-state index is 13.9. The molecule has 0 amide bonds. The monoisotopic (exact) mass is 311 g/mol. The Kier molecular flexibility index (Phi) is 4.71. The van der Waals surface area contributed by atoms with Crippen LogP contribution in [0.25, 0.3) is 0 Å². The maximum Gasteiger partial charge on any atom is 0.144 e. The van der Waals surface area contributed by atoms with Crippen molar-refractivity contribution < 1.29 is 4.39 Å². The zero-order valence-electron chi connectivity index (χ0n) is 9.66. The van der Waals surface area contributed by atoms with Crippen molar-refractivity contribution >= 4 is 35.0 Å². The molecule has 2 rings (SSSR count). The maximum atomic E-state index is 13.9. The highest BCUT2D eigenvalue weighted by atomic mass is 35.5. The molecule has 0 bridgehead atoms. The van der Waals surface area contributed by atoms with Gasteiger partial charge in [-0.3, -0.25) is 0 Å². The van der Waals surface area contributed by atoms with Gasteiger partial charge < -0.3 is 0 Å². The minimum atomic E-state index is -0.476. The highest BCUT2D eigenvalue weighted by molar-refractivity contribution is 7.98. The summed E-state index contributed by atoms with van der Waals surface area (Å²) >= 11 is 13.3. The fourth-order valence-electron chi connectivity index (χ4n) is 1.52. The summed E-state index contributed by atoms with van der Waals surface area (Å²) in [6.45, 7) is 0. The molecule has 96 valence electrons. The van der Waals surface area contributed by atoms with Crippen LogP contribution >= 0.6 is 35.0 Å². The highest BCUT2D eigenvalue weighted by Gasteiger charge is 2.09. The van der Waals surface area contributed by atoms with Crippen molar-refractivity contribution in [3.63, 3.8) is 0 Å². The molecule has 0 N–H and O–H groups in total. The van der Waals surface area contributed by atoms with Crippen LogP contribution in [0.5, 0.6) is 0 Å². The van der Waals surface area contributed by atoms with Gasteiger partial charge in [0.25, 0.3) is 0 Å². The minimum absolute atomic E-state index is 0.0512. The van der Waals surface area contributed by atoms with Crippen LogP contribution in [0.3, 0.4) is 0 Å². The van der Waals surface area contributed by atoms with Crippen LogP contribution < -0.4 is 0 Å². The topological polar surface area (TPSA) is 23.8 Å². The van der Waals surface area contributed by atoms with Crippen molar-refractivity contribution in [2.45, 2.75) is 10.6 Å². The van der Waals surface area contributed by atoms with Gasteiger partial charge in [0, 0.05) is 15.7 Å². The SMILES string of the molecule is N#Cc1cccc(CSc2cc(Cl)ccc2Cl)c1F. The molecule has 0 saturated heterocycles. The number of rotatable bonds is 3. The number of nitriles is 1. The van der Waals surface area contributed by atoms with E-state index in [1.54, 1.807) is 30.3 Å². The van der Waals surface area contributed by atoms with Gasteiger partial charge in [0.2, 0.25) is 0 Å². The van der Waals surface area contributed by atoms with Crippen molar-refractivity contribution in [3.8, 4) is 6.07 Å². The summed E-state index contributed by atoms with van der Waals surface area (Å²) < 4.78 is 13.9. The Morgan fingerprint density at radius 1 is 1.21 bits per heavy atom. The molecule has 0 spiro atoms. The number of benzene rings is 2. The van der Waals surface area contributed by atoms with Gasteiger partial charge in [-0.15, -0.1) is 11.8 Å². The zero-order chi connectivity index (χ0) is 13.8. The third-order valence-electron chi connectivity index (χ3n) is 2.48. The molecule has 0 fully saturated rings. The standard InChI is InChI=1S/C14H8Cl2FNS/c15-11-4-5-12(16)13(6-11)19-8-10-3-1-2-9(7-18)14(10)17/h1-6H,8H2. The molecule has 0 aliphatic carbocycles. The van der Waals surface area contributed by atoms with Gasteiger partial charge in [-0.2, -0.15) is 5.26 Å². The molecule has 0 aliphatic heterocycles. The van der Waals surface area contributed by atoms with Crippen LogP contribution in [0.2, 0.25) is 10.0 Å². The van der Waals surface area contributed by atoms with E-state index in [-0.39, 0.29) is 5.56 Å². The van der Waals surface area contributed by atoms with Crippen LogP contribution in [-0.2, 0) is 5.75 Å². The van der Waals surface area contributed by atoms with E-state index < -0.39 is 5.82 Å². The van der Waals surface area contributed by atoms with Crippen LogP contribution in [0.15, 0.2) is 41.3 Å². The second kappa shape index (κ2) is 6.29. The lowest BCUT2D eigenvalue weighted by Gasteiger charge is -2.06. The van der Waals surface area contributed by atoms with Gasteiger partial charge in [-0.25, -0.2) is 4.39 Å². The normalized spacial score (nSPS) is 10.2. The van der Waals surface area contributed by atoms with Crippen LogP contribution in [0.1, 0.15) is 11.1 Å². The largest absolute Gasteiger partial charge is 0.205 e. The van der Waals surface area contributed by atoms with Crippen molar-refractivity contribution in [1.29, 1.82) is 5.26 Å². The summed E-state index contributed by atoms with van der Waals surface area (Å²) in [6.07, 6.45) is 0. The number of nitrogens with zero attached hydrogens (tertiary/aromatic N) is 1. The van der Waals surface area contributed by atoms with Crippen LogP contribution in [0.4, 0.5) is 4.39 Å². The first-order valence-corrected chi connectivity index (χ1v) is 7.11. The molecular formula is C14H8Cl2FNS. The molecule has 0 aliphatic rings. The van der Waals surface area contributed by atoms with E-state index in [9.17, 15) is 4.39 Å². The van der Waals surface area contributed by atoms with E-state index in [1.165, 1.54) is 17.8 Å². The summed E-state index contributed by atoms with van der Waals surface area (Å²) in [5.41, 5.74) is 0.524. The summed E-state index contributed by atoms with van der Waals surface area (Å²) in [6, 6.07) is 11.7. The second-order valence-electron chi connectivity index (χ2n) is 3.75. The number of hydrogen-bond donors (Lipinski definition) is 0. The van der Waals surface area contributed by atoms with E-state index in [1.807, 2.05) is 6.07 Å². The number of halogens is 3. The fraction of sp³-hybridized carbons (Fsp3) is 0.0714. The van der Waals surface area contributed by atoms with Crippen LogP contribution in [-0.4, -0.2) is 0 Å². The third kappa shape index (κ3) is 3.42. The summed E-state index contributed by atoms with van der Waals surface area (Å²) in [7, 11) is 0. The smallest absolute Gasteiger partial charge is 0.144 e. The van der Waals surface area contributed by atoms with E-state index in [2.05, 4.69) is 0 Å². The third-order valence-corrected chi connectivity index (χ3v) is 4.26. The molecule has 0 atom stereocenters. The van der Waals surface area contributed by atoms with E-state index in [0.29, 0.717) is 21.4 Å². The number of thioether (sulfide) groups is 1. The Bertz CT molecular complexity index is 652. The molecule has 2 aromatic rings. The zero-order valence-corrected chi connectivity index (χ0v) is 12.0. The molecular weight excluding hydrogens is 304 g/mol. The van der Waals surface area contributed by atoms with E-state index in [0.717, 1.165) is 4.90 Å². The van der Waals surface area contributed by atoms with E-state index in [4.69, 9.17) is 28.5 Å². The van der Waals surface area contributed by atoms with Gasteiger partial charge in [-0.1, -0.05) is 35.3 Å². The van der Waals surface area contributed by atoms with Crippen molar-refractivity contribution in [1.82, 2.24) is 0 Å². The molecule has 0 radical (unpaired) electrons. The number of hydrogen-bond acceptors (Lipinski definition) is 2. The van der Waals surface area contributed by atoms with Gasteiger partial charge >= 0.3 is 0 Å². The van der Waals surface area contributed by atoms with Crippen molar-refractivity contribution in [3.05, 3.63) is 63.4 Å². The first-order chi connectivity index (χ1) is 9.11. The van der Waals surface area contributed by atoms with Gasteiger partial charge in [-0.05, 0) is 29.8 Å². The van der Waals surface area contributed by atoms with Crippen molar-refractivity contribution in [2.75, 3.05) is 0 Å². The van der Waals surface area contributed by atoms with Crippen LogP contribution in [0, 0.1) is 17.1 Å². The average Bonchev–Trinajstić information content (AvgIpc) is 2.41. The quantitative estimate of drug-likeness (QED) is 0.718. The fourth-order valence-corrected chi connectivity index (χ4v) is 2.99. The molecule has 0 saturated carbocycles. The Morgan fingerprint density at radius 3 is 2.74 bits per heavy atom. The Labute approximate surface area is 125 Å². The first-order valence-electron chi connectivity index (χ1n) is 5.37.